The van der Waals surface area contributed by atoms with Crippen LogP contribution >= 0.6 is 0 Å². The summed E-state index contributed by atoms with van der Waals surface area (Å²) in [7, 11) is 1.60. The highest BCUT2D eigenvalue weighted by Crippen LogP contribution is 2.24. The monoisotopic (exact) mass is 435 g/mol. The smallest absolute Gasteiger partial charge is 0.258 e. The first-order valence-electron chi connectivity index (χ1n) is 11.7. The highest BCUT2D eigenvalue weighted by Gasteiger charge is 2.29. The molecule has 1 heterocycles. The number of amides is 2. The fourth-order valence-electron chi connectivity index (χ4n) is 4.80. The Morgan fingerprint density at radius 1 is 0.906 bits per heavy atom. The van der Waals surface area contributed by atoms with Gasteiger partial charge in [0.15, 0.2) is 0 Å². The minimum absolute atomic E-state index is 0.000918. The molecule has 1 aliphatic heterocycles. The maximum atomic E-state index is 13.3. The number of hydrogen-bond donors (Lipinski definition) is 0. The Balaban J connectivity index is 1.43. The Bertz CT molecular complexity index is 886. The molecule has 32 heavy (non-hydrogen) atoms. The van der Waals surface area contributed by atoms with Crippen molar-refractivity contribution in [3.05, 3.63) is 60.2 Å². The molecule has 0 aromatic heterocycles. The highest BCUT2D eigenvalue weighted by atomic mass is 16.5. The molecule has 2 aromatic rings. The number of hydrogen-bond acceptors (Lipinski definition) is 4. The van der Waals surface area contributed by atoms with E-state index in [1.165, 1.54) is 32.1 Å². The van der Waals surface area contributed by atoms with Crippen LogP contribution in [0, 0.1) is 0 Å². The number of carbonyl (C=O) groups is 2. The van der Waals surface area contributed by atoms with Gasteiger partial charge in [0.1, 0.15) is 12.3 Å². The summed E-state index contributed by atoms with van der Waals surface area (Å²) in [5, 5.41) is 0. The Morgan fingerprint density at radius 3 is 2.19 bits per heavy atom. The van der Waals surface area contributed by atoms with Crippen molar-refractivity contribution in [3.63, 3.8) is 0 Å². The van der Waals surface area contributed by atoms with Crippen LogP contribution in [0.1, 0.15) is 42.5 Å². The topological polar surface area (TPSA) is 53.1 Å². The first-order chi connectivity index (χ1) is 15.7. The van der Waals surface area contributed by atoms with Crippen LogP contribution in [0.15, 0.2) is 54.6 Å². The van der Waals surface area contributed by atoms with Crippen molar-refractivity contribution in [2.75, 3.05) is 44.7 Å². The van der Waals surface area contributed by atoms with Crippen LogP contribution in [0.25, 0.3) is 0 Å². The van der Waals surface area contributed by atoms with E-state index in [1.54, 1.807) is 36.3 Å². The molecular weight excluding hydrogens is 402 g/mol. The second-order valence-corrected chi connectivity index (χ2v) is 8.66. The van der Waals surface area contributed by atoms with Crippen molar-refractivity contribution < 1.29 is 14.3 Å². The first kappa shape index (κ1) is 22.3. The SMILES string of the molecule is COc1ccc(C(=O)N(CC(=O)N2CCN(C3CCCCC3)CC2)c2ccccc2)cc1. The van der Waals surface area contributed by atoms with E-state index in [0.29, 0.717) is 17.4 Å². The maximum absolute atomic E-state index is 13.3. The molecule has 0 spiro atoms. The predicted molar refractivity (Wildman–Crippen MR) is 126 cm³/mol. The normalized spacial score (nSPS) is 17.7. The van der Waals surface area contributed by atoms with Crippen molar-refractivity contribution in [1.29, 1.82) is 0 Å². The molecule has 170 valence electrons. The third-order valence-corrected chi connectivity index (χ3v) is 6.70. The molecule has 0 radical (unpaired) electrons. The number of benzene rings is 2. The summed E-state index contributed by atoms with van der Waals surface area (Å²) in [6, 6.07) is 17.1. The molecule has 2 aromatic carbocycles. The number of nitrogens with zero attached hydrogens (tertiary/aromatic N) is 3. The van der Waals surface area contributed by atoms with E-state index in [9.17, 15) is 9.59 Å². The molecule has 6 nitrogen and oxygen atoms in total. The van der Waals surface area contributed by atoms with Gasteiger partial charge in [0, 0.05) is 43.5 Å². The molecule has 0 atom stereocenters. The van der Waals surface area contributed by atoms with Crippen LogP contribution in [0.5, 0.6) is 5.75 Å². The minimum Gasteiger partial charge on any atom is -0.497 e. The quantitative estimate of drug-likeness (QED) is 0.692. The number of piperazine rings is 1. The van der Waals surface area contributed by atoms with Gasteiger partial charge in [0.25, 0.3) is 5.91 Å². The molecule has 0 bridgehead atoms. The zero-order chi connectivity index (χ0) is 22.3. The zero-order valence-corrected chi connectivity index (χ0v) is 18.9. The number of para-hydroxylation sites is 1. The van der Waals surface area contributed by atoms with Gasteiger partial charge in [-0.2, -0.15) is 0 Å². The van der Waals surface area contributed by atoms with Gasteiger partial charge in [-0.15, -0.1) is 0 Å². The zero-order valence-electron chi connectivity index (χ0n) is 18.9. The lowest BCUT2D eigenvalue weighted by molar-refractivity contribution is -0.131. The van der Waals surface area contributed by atoms with Gasteiger partial charge in [0.05, 0.1) is 7.11 Å². The fraction of sp³-hybridized carbons (Fsp3) is 0.462. The van der Waals surface area contributed by atoms with E-state index >= 15 is 0 Å². The van der Waals surface area contributed by atoms with Crippen molar-refractivity contribution in [3.8, 4) is 5.75 Å². The maximum Gasteiger partial charge on any atom is 0.258 e. The van der Waals surface area contributed by atoms with Gasteiger partial charge in [0.2, 0.25) is 5.91 Å². The van der Waals surface area contributed by atoms with Gasteiger partial charge in [-0.05, 0) is 49.2 Å². The summed E-state index contributed by atoms with van der Waals surface area (Å²) >= 11 is 0. The van der Waals surface area contributed by atoms with Gasteiger partial charge >= 0.3 is 0 Å². The summed E-state index contributed by atoms with van der Waals surface area (Å²) < 4.78 is 5.20. The lowest BCUT2D eigenvalue weighted by atomic mass is 9.94. The van der Waals surface area contributed by atoms with Gasteiger partial charge in [-0.1, -0.05) is 37.5 Å². The Labute approximate surface area is 190 Å². The average Bonchev–Trinajstić information content (AvgIpc) is 2.88. The molecule has 2 fully saturated rings. The largest absolute Gasteiger partial charge is 0.497 e. The van der Waals surface area contributed by atoms with E-state index < -0.39 is 0 Å². The van der Waals surface area contributed by atoms with Gasteiger partial charge in [-0.3, -0.25) is 19.4 Å². The summed E-state index contributed by atoms with van der Waals surface area (Å²) in [5.41, 5.74) is 1.26. The van der Waals surface area contributed by atoms with E-state index in [-0.39, 0.29) is 18.4 Å². The molecule has 6 heteroatoms. The molecule has 1 aliphatic carbocycles. The molecular formula is C26H33N3O3. The molecule has 0 unspecified atom stereocenters. The number of rotatable bonds is 6. The molecule has 2 aliphatic rings. The summed E-state index contributed by atoms with van der Waals surface area (Å²) in [6.07, 6.45) is 6.57. The molecule has 1 saturated heterocycles. The van der Waals surface area contributed by atoms with Crippen molar-refractivity contribution in [2.24, 2.45) is 0 Å². The van der Waals surface area contributed by atoms with E-state index in [1.807, 2.05) is 35.2 Å². The van der Waals surface area contributed by atoms with Crippen LogP contribution < -0.4 is 9.64 Å². The Kier molecular flexibility index (Phi) is 7.43. The molecule has 0 N–H and O–H groups in total. The lowest BCUT2D eigenvalue weighted by Gasteiger charge is -2.41. The van der Waals surface area contributed by atoms with Crippen LogP contribution in [-0.4, -0.2) is 67.5 Å². The Hall–Kier alpha value is -2.86. The van der Waals surface area contributed by atoms with Gasteiger partial charge < -0.3 is 9.64 Å². The number of anilines is 1. The minimum atomic E-state index is -0.187. The van der Waals surface area contributed by atoms with Crippen molar-refractivity contribution in [1.82, 2.24) is 9.80 Å². The molecule has 2 amide bonds. The standard InChI is InChI=1S/C26H33N3O3/c1-32-24-14-12-21(13-15-24)26(31)29(23-10-6-3-7-11-23)20-25(30)28-18-16-27(17-19-28)22-8-4-2-5-9-22/h3,6-7,10-15,22H,2,4-5,8-9,16-20H2,1H3. The molecule has 4 rings (SSSR count). The number of methoxy groups -OCH3 is 1. The van der Waals surface area contributed by atoms with E-state index in [0.717, 1.165) is 31.9 Å². The fourth-order valence-corrected chi connectivity index (χ4v) is 4.80. The van der Waals surface area contributed by atoms with Crippen LogP contribution in [0.2, 0.25) is 0 Å². The first-order valence-corrected chi connectivity index (χ1v) is 11.7. The third-order valence-electron chi connectivity index (χ3n) is 6.70. The summed E-state index contributed by atoms with van der Waals surface area (Å²) in [6.45, 7) is 3.35. The average molecular weight is 436 g/mol. The van der Waals surface area contributed by atoms with Crippen LogP contribution in [0.3, 0.4) is 0 Å². The van der Waals surface area contributed by atoms with Crippen LogP contribution in [-0.2, 0) is 4.79 Å². The lowest BCUT2D eigenvalue weighted by Crippen LogP contribution is -2.54. The second-order valence-electron chi connectivity index (χ2n) is 8.66. The van der Waals surface area contributed by atoms with Crippen LogP contribution in [0.4, 0.5) is 5.69 Å². The molecule has 1 saturated carbocycles. The van der Waals surface area contributed by atoms with Crippen molar-refractivity contribution >= 4 is 17.5 Å². The third kappa shape index (κ3) is 5.30. The summed E-state index contributed by atoms with van der Waals surface area (Å²) in [5.74, 6) is 0.506. The van der Waals surface area contributed by atoms with Gasteiger partial charge in [-0.25, -0.2) is 0 Å². The van der Waals surface area contributed by atoms with E-state index in [2.05, 4.69) is 4.90 Å². The van der Waals surface area contributed by atoms with Crippen molar-refractivity contribution in [2.45, 2.75) is 38.1 Å². The Morgan fingerprint density at radius 2 is 1.56 bits per heavy atom. The predicted octanol–water partition coefficient (Wildman–Crippen LogP) is 3.82. The number of ether oxygens (including phenoxy) is 1. The number of carbonyl (C=O) groups excluding carboxylic acids is 2. The highest BCUT2D eigenvalue weighted by molar-refractivity contribution is 6.08. The summed E-state index contributed by atoms with van der Waals surface area (Å²) in [4.78, 5) is 32.6. The van der Waals surface area contributed by atoms with E-state index in [4.69, 9.17) is 4.74 Å². The second kappa shape index (κ2) is 10.6.